The van der Waals surface area contributed by atoms with Crippen LogP contribution in [0.3, 0.4) is 0 Å². The smallest absolute Gasteiger partial charge is 0.270 e. The van der Waals surface area contributed by atoms with Crippen LogP contribution in [0.5, 0.6) is 0 Å². The van der Waals surface area contributed by atoms with Crippen molar-refractivity contribution in [1.29, 1.82) is 5.26 Å². The van der Waals surface area contributed by atoms with Gasteiger partial charge in [0, 0.05) is 18.6 Å². The molecule has 0 radical (unpaired) electrons. The normalized spacial score (nSPS) is 9.80. The van der Waals surface area contributed by atoms with E-state index >= 15 is 0 Å². The van der Waals surface area contributed by atoms with Crippen molar-refractivity contribution in [3.8, 4) is 6.07 Å². The van der Waals surface area contributed by atoms with Gasteiger partial charge in [-0.25, -0.2) is 0 Å². The zero-order chi connectivity index (χ0) is 15.0. The number of benzene rings is 1. The third kappa shape index (κ3) is 4.66. The first-order chi connectivity index (χ1) is 9.58. The number of nitrogens with zero attached hydrogens (tertiary/aromatic N) is 2. The Bertz CT molecular complexity index is 537. The maximum Gasteiger partial charge on any atom is 0.270 e. The van der Waals surface area contributed by atoms with Crippen LogP contribution in [-0.2, 0) is 4.79 Å². The van der Waals surface area contributed by atoms with Crippen molar-refractivity contribution < 1.29 is 9.72 Å². The number of nitro benzene ring substituents is 1. The maximum absolute atomic E-state index is 11.7. The average molecular weight is 276 g/mol. The number of nitriles is 1. The van der Waals surface area contributed by atoms with E-state index in [1.807, 2.05) is 6.07 Å². The number of carbonyl (C=O) groups excluding carboxylic acids is 1. The van der Waals surface area contributed by atoms with Crippen molar-refractivity contribution in [2.45, 2.75) is 25.7 Å². The lowest BCUT2D eigenvalue weighted by atomic mass is 10.1. The van der Waals surface area contributed by atoms with Gasteiger partial charge in [-0.3, -0.25) is 14.9 Å². The topological polar surface area (TPSA) is 122 Å². The molecule has 0 aromatic heterocycles. The fourth-order valence-electron chi connectivity index (χ4n) is 1.67. The van der Waals surface area contributed by atoms with Crippen LogP contribution >= 0.6 is 0 Å². The van der Waals surface area contributed by atoms with Gasteiger partial charge in [0.2, 0.25) is 5.91 Å². The molecule has 0 saturated carbocycles. The summed E-state index contributed by atoms with van der Waals surface area (Å²) in [4.78, 5) is 21.7. The second kappa shape index (κ2) is 7.86. The van der Waals surface area contributed by atoms with Crippen molar-refractivity contribution in [3.63, 3.8) is 0 Å². The lowest BCUT2D eigenvalue weighted by Crippen LogP contribution is -2.12. The van der Waals surface area contributed by atoms with Crippen LogP contribution in [0.4, 0.5) is 11.4 Å². The zero-order valence-corrected chi connectivity index (χ0v) is 11.0. The molecule has 0 spiro atoms. The molecule has 0 aliphatic heterocycles. The van der Waals surface area contributed by atoms with Gasteiger partial charge in [0.15, 0.2) is 0 Å². The van der Waals surface area contributed by atoms with Gasteiger partial charge < -0.3 is 11.1 Å². The van der Waals surface area contributed by atoms with Crippen LogP contribution in [0.1, 0.15) is 31.2 Å². The van der Waals surface area contributed by atoms with E-state index in [9.17, 15) is 14.9 Å². The molecular weight excluding hydrogens is 260 g/mol. The minimum Gasteiger partial charge on any atom is -0.330 e. The molecule has 0 aliphatic carbocycles. The van der Waals surface area contributed by atoms with Crippen LogP contribution < -0.4 is 11.1 Å². The summed E-state index contributed by atoms with van der Waals surface area (Å²) in [5, 5.41) is 22.1. The van der Waals surface area contributed by atoms with E-state index < -0.39 is 4.92 Å². The van der Waals surface area contributed by atoms with E-state index in [1.54, 1.807) is 0 Å². The first kappa shape index (κ1) is 15.6. The highest BCUT2D eigenvalue weighted by Gasteiger charge is 2.12. The van der Waals surface area contributed by atoms with Gasteiger partial charge in [0.05, 0.1) is 16.2 Å². The first-order valence-corrected chi connectivity index (χ1v) is 6.27. The monoisotopic (exact) mass is 276 g/mol. The van der Waals surface area contributed by atoms with Crippen molar-refractivity contribution in [2.24, 2.45) is 5.73 Å². The van der Waals surface area contributed by atoms with Crippen LogP contribution in [0.15, 0.2) is 18.2 Å². The Hall–Kier alpha value is -2.46. The number of rotatable bonds is 7. The van der Waals surface area contributed by atoms with Crippen molar-refractivity contribution >= 4 is 17.3 Å². The van der Waals surface area contributed by atoms with Crippen LogP contribution in [0, 0.1) is 21.4 Å². The quantitative estimate of drug-likeness (QED) is 0.447. The molecule has 3 N–H and O–H groups in total. The Labute approximate surface area is 116 Å². The van der Waals surface area contributed by atoms with E-state index in [1.165, 1.54) is 12.1 Å². The summed E-state index contributed by atoms with van der Waals surface area (Å²) in [6.07, 6.45) is 2.79. The van der Waals surface area contributed by atoms with E-state index in [0.717, 1.165) is 25.3 Å². The molecule has 1 aromatic rings. The lowest BCUT2D eigenvalue weighted by Gasteiger charge is -2.06. The molecule has 0 unspecified atom stereocenters. The molecule has 0 bridgehead atoms. The van der Waals surface area contributed by atoms with Crippen molar-refractivity contribution in [3.05, 3.63) is 33.9 Å². The standard InChI is InChI=1S/C13H16N4O3/c14-7-3-1-2-4-13(18)16-12-6-5-11(17(19)20)8-10(12)9-15/h5-6,8H,1-4,7,14H2,(H,16,18). The first-order valence-electron chi connectivity index (χ1n) is 6.27. The Morgan fingerprint density at radius 1 is 1.40 bits per heavy atom. The van der Waals surface area contributed by atoms with Crippen molar-refractivity contribution in [1.82, 2.24) is 0 Å². The molecule has 1 rings (SSSR count). The molecule has 0 saturated heterocycles. The average Bonchev–Trinajstić information content (AvgIpc) is 2.43. The molecule has 0 fully saturated rings. The number of non-ortho nitro benzene ring substituents is 1. The number of amides is 1. The number of anilines is 1. The molecule has 7 nitrogen and oxygen atoms in total. The number of carbonyl (C=O) groups is 1. The van der Waals surface area contributed by atoms with Gasteiger partial charge in [0.1, 0.15) is 6.07 Å². The largest absolute Gasteiger partial charge is 0.330 e. The third-order valence-electron chi connectivity index (χ3n) is 2.72. The second-order valence-corrected chi connectivity index (χ2v) is 4.25. The van der Waals surface area contributed by atoms with Crippen LogP contribution in [0.2, 0.25) is 0 Å². The molecule has 20 heavy (non-hydrogen) atoms. The summed E-state index contributed by atoms with van der Waals surface area (Å²) in [5.74, 6) is -0.215. The SMILES string of the molecule is N#Cc1cc([N+](=O)[O-])ccc1NC(=O)CCCCCN. The van der Waals surface area contributed by atoms with Gasteiger partial charge in [0.25, 0.3) is 5.69 Å². The number of hydrogen-bond donors (Lipinski definition) is 2. The zero-order valence-electron chi connectivity index (χ0n) is 11.0. The highest BCUT2D eigenvalue weighted by molar-refractivity contribution is 5.92. The van der Waals surface area contributed by atoms with Gasteiger partial charge in [-0.2, -0.15) is 5.26 Å². The minimum atomic E-state index is -0.584. The van der Waals surface area contributed by atoms with Gasteiger partial charge in [-0.15, -0.1) is 0 Å². The number of nitrogens with one attached hydrogen (secondary N) is 1. The molecule has 106 valence electrons. The number of nitro groups is 1. The van der Waals surface area contributed by atoms with Gasteiger partial charge >= 0.3 is 0 Å². The van der Waals surface area contributed by atoms with E-state index in [0.29, 0.717) is 18.7 Å². The highest BCUT2D eigenvalue weighted by atomic mass is 16.6. The Balaban J connectivity index is 2.66. The summed E-state index contributed by atoms with van der Waals surface area (Å²) < 4.78 is 0. The molecule has 0 heterocycles. The minimum absolute atomic E-state index is 0.0782. The summed E-state index contributed by atoms with van der Waals surface area (Å²) >= 11 is 0. The summed E-state index contributed by atoms with van der Waals surface area (Å²) in [7, 11) is 0. The second-order valence-electron chi connectivity index (χ2n) is 4.25. The van der Waals surface area contributed by atoms with Crippen molar-refractivity contribution in [2.75, 3.05) is 11.9 Å². The summed E-state index contributed by atoms with van der Waals surface area (Å²) in [5.41, 5.74) is 5.55. The van der Waals surface area contributed by atoms with E-state index in [2.05, 4.69) is 5.32 Å². The maximum atomic E-state index is 11.7. The highest BCUT2D eigenvalue weighted by Crippen LogP contribution is 2.21. The molecule has 7 heteroatoms. The van der Waals surface area contributed by atoms with Crippen LogP contribution in [0.25, 0.3) is 0 Å². The molecule has 0 aliphatic rings. The summed E-state index contributed by atoms with van der Waals surface area (Å²) in [6, 6.07) is 5.60. The Morgan fingerprint density at radius 3 is 2.75 bits per heavy atom. The van der Waals surface area contributed by atoms with Crippen LogP contribution in [-0.4, -0.2) is 17.4 Å². The number of unbranched alkanes of at least 4 members (excludes halogenated alkanes) is 2. The predicted molar refractivity (Wildman–Crippen MR) is 74.0 cm³/mol. The number of hydrogen-bond acceptors (Lipinski definition) is 5. The molecular formula is C13H16N4O3. The molecule has 1 aromatic carbocycles. The van der Waals surface area contributed by atoms with E-state index in [-0.39, 0.29) is 17.2 Å². The summed E-state index contributed by atoms with van der Waals surface area (Å²) in [6.45, 7) is 0.600. The lowest BCUT2D eigenvalue weighted by molar-refractivity contribution is -0.384. The van der Waals surface area contributed by atoms with E-state index in [4.69, 9.17) is 11.0 Å². The fourth-order valence-corrected chi connectivity index (χ4v) is 1.67. The molecule has 1 amide bonds. The van der Waals surface area contributed by atoms with Gasteiger partial charge in [-0.1, -0.05) is 6.42 Å². The Morgan fingerprint density at radius 2 is 2.15 bits per heavy atom. The van der Waals surface area contributed by atoms with Gasteiger partial charge in [-0.05, 0) is 25.5 Å². The third-order valence-corrected chi connectivity index (χ3v) is 2.72. The fraction of sp³-hybridized carbons (Fsp3) is 0.385. The predicted octanol–water partition coefficient (Wildman–Crippen LogP) is 1.92. The molecule has 0 atom stereocenters. The number of nitrogens with two attached hydrogens (primary N) is 1. The Kier molecular flexibility index (Phi) is 6.13.